The van der Waals surface area contributed by atoms with Crippen LogP contribution in [0.3, 0.4) is 0 Å². The van der Waals surface area contributed by atoms with Gasteiger partial charge < -0.3 is 47.5 Å². The van der Waals surface area contributed by atoms with Crippen LogP contribution in [0.4, 0.5) is 4.79 Å². The number of carbonyl (C=O) groups is 5. The maximum Gasteiger partial charge on any atom is 0.513 e. The molecule has 0 amide bonds. The predicted molar refractivity (Wildman–Crippen MR) is 301 cm³/mol. The molecule has 16 heteroatoms. The molecule has 7 aromatic rings. The highest BCUT2D eigenvalue weighted by Crippen LogP contribution is 2.27. The van der Waals surface area contributed by atoms with Crippen molar-refractivity contribution in [3.8, 4) is 40.2 Å². The summed E-state index contributed by atoms with van der Waals surface area (Å²) in [6.45, 7) is 15.7. The average Bonchev–Trinajstić information content (AvgIpc) is 3.50. The number of hydrogen-bond donors (Lipinski definition) is 0. The number of hydrogen-bond acceptors (Lipinski definition) is 16. The second kappa shape index (κ2) is 32.0. The minimum Gasteiger partial charge on any atom is -0.494 e. The molecule has 16 nitrogen and oxygen atoms in total. The Morgan fingerprint density at radius 1 is 0.450 bits per heavy atom. The molecule has 0 heterocycles. The molecule has 0 atom stereocenters. The number of fused-ring (bicyclic) bond motifs is 1. The molecule has 80 heavy (non-hydrogen) atoms. The second-order valence-corrected chi connectivity index (χ2v) is 17.0. The average molecular weight is 1090 g/mol. The number of aryl methyl sites for hydroxylation is 1. The van der Waals surface area contributed by atoms with Crippen molar-refractivity contribution >= 4 is 53.0 Å². The number of unbranched alkanes of at least 4 members (excludes halogenated alkanes) is 2. The van der Waals surface area contributed by atoms with Crippen LogP contribution in [0, 0.1) is 6.92 Å². The van der Waals surface area contributed by atoms with E-state index < -0.39 is 30.0 Å². The molecular weight excluding hydrogens is 1020 g/mol. The van der Waals surface area contributed by atoms with Crippen LogP contribution in [0.25, 0.3) is 22.9 Å². The summed E-state index contributed by atoms with van der Waals surface area (Å²) in [4.78, 5) is 70.3. The van der Waals surface area contributed by atoms with Gasteiger partial charge in [-0.25, -0.2) is 24.0 Å². The molecular formula is C64H60O16. The zero-order valence-corrected chi connectivity index (χ0v) is 44.3. The first-order valence-electron chi connectivity index (χ1n) is 25.3. The Morgan fingerprint density at radius 3 is 1.57 bits per heavy atom. The van der Waals surface area contributed by atoms with Crippen LogP contribution in [0.1, 0.15) is 80.4 Å². The number of benzene rings is 7. The van der Waals surface area contributed by atoms with Crippen LogP contribution in [-0.2, 0) is 24.0 Å². The third-order valence-corrected chi connectivity index (χ3v) is 11.2. The fraction of sp³-hybridized carbons (Fsp3) is 0.172. The molecule has 0 N–H and O–H groups in total. The van der Waals surface area contributed by atoms with E-state index in [0.29, 0.717) is 71.7 Å². The molecule has 0 aliphatic rings. The number of esters is 4. The van der Waals surface area contributed by atoms with Gasteiger partial charge >= 0.3 is 30.0 Å². The van der Waals surface area contributed by atoms with Gasteiger partial charge in [0.15, 0.2) is 0 Å². The molecule has 412 valence electrons. The SMILES string of the molecule is C=CC(=O)OCCCCOC(=O)Oc1ccc(C(=O)Oc2ccc(OCOc3ccc(C=C)cc3)c(C)c2)cc1.C=Cc1ccc(C(=O)Oc2ccc3cc(C(=O)Oc4ccc(OCCCCOO/C=C/C)cc4)ccc3c2)cc1. The lowest BCUT2D eigenvalue weighted by Gasteiger charge is -2.12. The van der Waals surface area contributed by atoms with Crippen molar-refractivity contribution in [2.75, 3.05) is 33.2 Å². The van der Waals surface area contributed by atoms with E-state index in [1.165, 1.54) is 30.5 Å². The van der Waals surface area contributed by atoms with E-state index in [2.05, 4.69) is 19.7 Å². The molecule has 0 aromatic heterocycles. The lowest BCUT2D eigenvalue weighted by atomic mass is 10.1. The van der Waals surface area contributed by atoms with Gasteiger partial charge in [0.05, 0.1) is 43.1 Å². The van der Waals surface area contributed by atoms with Crippen molar-refractivity contribution in [2.45, 2.75) is 39.5 Å². The third kappa shape index (κ3) is 19.9. The fourth-order valence-electron chi connectivity index (χ4n) is 6.95. The Morgan fingerprint density at radius 2 is 0.925 bits per heavy atom. The molecule has 7 rings (SSSR count). The number of ether oxygens (including phenoxy) is 9. The van der Waals surface area contributed by atoms with Crippen LogP contribution in [0.5, 0.6) is 40.2 Å². The van der Waals surface area contributed by atoms with Crippen LogP contribution < -0.4 is 33.2 Å². The first-order valence-corrected chi connectivity index (χ1v) is 25.3. The summed E-state index contributed by atoms with van der Waals surface area (Å²) in [6.07, 6.45) is 9.52. The minimum atomic E-state index is -0.882. The predicted octanol–water partition coefficient (Wildman–Crippen LogP) is 13.9. The fourth-order valence-corrected chi connectivity index (χ4v) is 6.95. The summed E-state index contributed by atoms with van der Waals surface area (Å²) in [6, 6.07) is 42.6. The van der Waals surface area contributed by atoms with Gasteiger partial charge in [-0.15, -0.1) is 0 Å². The van der Waals surface area contributed by atoms with Gasteiger partial charge in [0, 0.05) is 6.08 Å². The van der Waals surface area contributed by atoms with E-state index in [1.807, 2.05) is 38.1 Å². The summed E-state index contributed by atoms with van der Waals surface area (Å²) in [5, 5.41) is 1.63. The molecule has 0 unspecified atom stereocenters. The molecule has 0 bridgehead atoms. The first kappa shape index (κ1) is 59.3. The first-order chi connectivity index (χ1) is 38.9. The van der Waals surface area contributed by atoms with Gasteiger partial charge in [-0.05, 0) is 188 Å². The smallest absolute Gasteiger partial charge is 0.494 e. The van der Waals surface area contributed by atoms with E-state index in [1.54, 1.807) is 121 Å². The zero-order valence-electron chi connectivity index (χ0n) is 44.3. The highest BCUT2D eigenvalue weighted by molar-refractivity contribution is 5.97. The van der Waals surface area contributed by atoms with E-state index in [4.69, 9.17) is 52.4 Å². The Bertz CT molecular complexity index is 3220. The molecule has 0 saturated heterocycles. The van der Waals surface area contributed by atoms with Crippen molar-refractivity contribution in [3.05, 3.63) is 223 Å². The Labute approximate surface area is 463 Å². The quantitative estimate of drug-likeness (QED) is 0.00544. The number of allylic oxidation sites excluding steroid dienone is 1. The summed E-state index contributed by atoms with van der Waals surface area (Å²) in [7, 11) is 0. The van der Waals surface area contributed by atoms with E-state index >= 15 is 0 Å². The van der Waals surface area contributed by atoms with Gasteiger partial charge in [0.25, 0.3) is 0 Å². The summed E-state index contributed by atoms with van der Waals surface area (Å²) < 4.78 is 48.4. The van der Waals surface area contributed by atoms with Crippen LogP contribution in [0.2, 0.25) is 0 Å². The largest absolute Gasteiger partial charge is 0.513 e. The van der Waals surface area contributed by atoms with Gasteiger partial charge in [-0.2, -0.15) is 4.89 Å². The Balaban J connectivity index is 0.000000258. The molecule has 0 aliphatic carbocycles. The van der Waals surface area contributed by atoms with Crippen molar-refractivity contribution in [1.29, 1.82) is 0 Å². The molecule has 0 radical (unpaired) electrons. The number of carbonyl (C=O) groups excluding carboxylic acids is 5. The van der Waals surface area contributed by atoms with Crippen molar-refractivity contribution in [1.82, 2.24) is 0 Å². The second-order valence-electron chi connectivity index (χ2n) is 17.0. The van der Waals surface area contributed by atoms with Crippen LogP contribution in [0.15, 0.2) is 190 Å². The topological polar surface area (TPSA) is 187 Å². The van der Waals surface area contributed by atoms with Gasteiger partial charge in [-0.1, -0.05) is 68.3 Å². The highest BCUT2D eigenvalue weighted by Gasteiger charge is 2.15. The molecule has 0 spiro atoms. The molecule has 0 aliphatic heterocycles. The molecule has 0 saturated carbocycles. The summed E-state index contributed by atoms with van der Waals surface area (Å²) >= 11 is 0. The summed E-state index contributed by atoms with van der Waals surface area (Å²) in [5.41, 5.74) is 3.79. The van der Waals surface area contributed by atoms with E-state index in [9.17, 15) is 24.0 Å². The van der Waals surface area contributed by atoms with Crippen LogP contribution >= 0.6 is 0 Å². The maximum atomic E-state index is 12.7. The maximum absolute atomic E-state index is 12.7. The van der Waals surface area contributed by atoms with Gasteiger partial charge in [0.1, 0.15) is 46.5 Å². The van der Waals surface area contributed by atoms with E-state index in [-0.39, 0.29) is 31.3 Å². The summed E-state index contributed by atoms with van der Waals surface area (Å²) in [5.74, 6) is 1.31. The van der Waals surface area contributed by atoms with Crippen LogP contribution in [-0.4, -0.2) is 63.3 Å². The van der Waals surface area contributed by atoms with Gasteiger partial charge in [-0.3, -0.25) is 0 Å². The minimum absolute atomic E-state index is 0.0165. The molecule has 0 fully saturated rings. The number of rotatable bonds is 27. The standard InChI is InChI=1S/C33H30O7.C31H30O9/c1-3-19-37-38-21-6-5-20-36-29-15-17-30(18-16-29)39-33(35)28-12-11-27-23-31(14-13-26(27)22-28)40-32(34)25-9-7-24(4-2)8-10-25;1-4-23-8-12-25(13-9-23)37-21-38-28-17-16-27(20-22(28)3)39-30(33)24-10-14-26(15-11-24)40-31(34)36-19-7-6-18-35-29(32)5-2/h3-4,7-19,22-23H,2,5-6,20-21H2,1H3;4-5,8-17,20H,1-2,6-7,18-19,21H2,3H3/b19-3+;. The highest BCUT2D eigenvalue weighted by atomic mass is 17.2. The zero-order chi connectivity index (χ0) is 56.9. The Kier molecular flexibility index (Phi) is 23.7. The van der Waals surface area contributed by atoms with E-state index in [0.717, 1.165) is 46.4 Å². The van der Waals surface area contributed by atoms with Crippen molar-refractivity contribution < 1.29 is 76.4 Å². The monoisotopic (exact) mass is 1080 g/mol. The lowest BCUT2D eigenvalue weighted by molar-refractivity contribution is -0.249. The van der Waals surface area contributed by atoms with Crippen molar-refractivity contribution in [3.63, 3.8) is 0 Å². The van der Waals surface area contributed by atoms with Crippen molar-refractivity contribution in [2.24, 2.45) is 0 Å². The molecule has 7 aromatic carbocycles. The third-order valence-electron chi connectivity index (χ3n) is 11.2. The lowest BCUT2D eigenvalue weighted by Crippen LogP contribution is -2.13. The van der Waals surface area contributed by atoms with Gasteiger partial charge in [0.2, 0.25) is 6.79 Å². The normalized spacial score (nSPS) is 10.5. The Hall–Kier alpha value is -9.93.